The number of benzene rings is 2. The highest BCUT2D eigenvalue weighted by atomic mass is 32.1. The molecule has 2 aromatic carbocycles. The molecule has 0 saturated heterocycles. The van der Waals surface area contributed by atoms with Crippen LogP contribution in [0.3, 0.4) is 0 Å². The minimum atomic E-state index is -0.0371. The summed E-state index contributed by atoms with van der Waals surface area (Å²) in [5.74, 6) is 0.848. The third-order valence-electron chi connectivity index (χ3n) is 4.04. The maximum absolute atomic E-state index is 12.5. The maximum Gasteiger partial charge on any atom is 0.262 e. The van der Waals surface area contributed by atoms with Crippen LogP contribution in [-0.2, 0) is 6.42 Å². The summed E-state index contributed by atoms with van der Waals surface area (Å²) in [6.45, 7) is 0.546. The molecule has 0 aliphatic heterocycles. The van der Waals surface area contributed by atoms with Gasteiger partial charge in [-0.05, 0) is 29.1 Å². The van der Waals surface area contributed by atoms with E-state index in [-0.39, 0.29) is 5.91 Å². The summed E-state index contributed by atoms with van der Waals surface area (Å²) in [4.78, 5) is 21.1. The molecule has 0 spiro atoms. The van der Waals surface area contributed by atoms with Crippen molar-refractivity contribution in [3.05, 3.63) is 76.7 Å². The van der Waals surface area contributed by atoms with E-state index in [9.17, 15) is 4.79 Å². The second kappa shape index (κ2) is 6.91. The molecule has 0 bridgehead atoms. The number of hydrogen-bond acceptors (Lipinski definition) is 3. The average molecular weight is 347 g/mol. The zero-order valence-electron chi connectivity index (χ0n) is 13.5. The molecule has 2 aromatic heterocycles. The standard InChI is InChI=1S/C20H17N3OS/c24-20(19-15(11-13-25-19)14-6-2-1-3-7-14)21-12-10-18-22-16-8-4-5-9-17(16)23-18/h1-9,11,13H,10,12H2,(H,21,24)(H,22,23). The number of aromatic amines is 1. The van der Waals surface area contributed by atoms with E-state index in [4.69, 9.17) is 0 Å². The molecule has 0 fully saturated rings. The second-order valence-electron chi connectivity index (χ2n) is 5.74. The van der Waals surface area contributed by atoms with Gasteiger partial charge in [0.2, 0.25) is 0 Å². The fourth-order valence-electron chi connectivity index (χ4n) is 2.83. The number of aromatic nitrogens is 2. The number of carbonyl (C=O) groups is 1. The van der Waals surface area contributed by atoms with Crippen LogP contribution in [0, 0.1) is 0 Å². The Kier molecular flexibility index (Phi) is 4.31. The highest BCUT2D eigenvalue weighted by Gasteiger charge is 2.14. The van der Waals surface area contributed by atoms with Crippen molar-refractivity contribution in [3.63, 3.8) is 0 Å². The van der Waals surface area contributed by atoms with Crippen LogP contribution in [-0.4, -0.2) is 22.4 Å². The molecule has 1 amide bonds. The van der Waals surface area contributed by atoms with Gasteiger partial charge >= 0.3 is 0 Å². The fraction of sp³-hybridized carbons (Fsp3) is 0.100. The van der Waals surface area contributed by atoms with E-state index in [0.29, 0.717) is 13.0 Å². The average Bonchev–Trinajstić information content (AvgIpc) is 3.29. The van der Waals surface area contributed by atoms with Gasteiger partial charge in [-0.25, -0.2) is 4.98 Å². The fourth-order valence-corrected chi connectivity index (χ4v) is 3.66. The molecule has 0 atom stereocenters. The van der Waals surface area contributed by atoms with E-state index in [1.165, 1.54) is 11.3 Å². The number of H-pyrrole nitrogens is 1. The number of imidazole rings is 1. The second-order valence-corrected chi connectivity index (χ2v) is 6.65. The Morgan fingerprint density at radius 3 is 2.68 bits per heavy atom. The number of rotatable bonds is 5. The van der Waals surface area contributed by atoms with Crippen LogP contribution < -0.4 is 5.32 Å². The minimum Gasteiger partial charge on any atom is -0.351 e. The number of carbonyl (C=O) groups excluding carboxylic acids is 1. The molecule has 5 heteroatoms. The molecular formula is C20H17N3OS. The summed E-state index contributed by atoms with van der Waals surface area (Å²) in [5.41, 5.74) is 4.01. The van der Waals surface area contributed by atoms with E-state index in [2.05, 4.69) is 15.3 Å². The molecule has 4 aromatic rings. The van der Waals surface area contributed by atoms with E-state index in [1.807, 2.05) is 66.0 Å². The minimum absolute atomic E-state index is 0.0371. The van der Waals surface area contributed by atoms with Crippen LogP contribution in [0.15, 0.2) is 66.0 Å². The monoisotopic (exact) mass is 347 g/mol. The van der Waals surface area contributed by atoms with Crippen molar-refractivity contribution in [2.45, 2.75) is 6.42 Å². The van der Waals surface area contributed by atoms with Crippen LogP contribution in [0.1, 0.15) is 15.5 Å². The molecule has 124 valence electrons. The quantitative estimate of drug-likeness (QED) is 0.566. The van der Waals surface area contributed by atoms with Gasteiger partial charge in [-0.15, -0.1) is 11.3 Å². The van der Waals surface area contributed by atoms with E-state index >= 15 is 0 Å². The van der Waals surface area contributed by atoms with Crippen molar-refractivity contribution >= 4 is 28.3 Å². The lowest BCUT2D eigenvalue weighted by atomic mass is 10.1. The predicted octanol–water partition coefficient (Wildman–Crippen LogP) is 4.26. The van der Waals surface area contributed by atoms with Gasteiger partial charge in [-0.1, -0.05) is 42.5 Å². The topological polar surface area (TPSA) is 57.8 Å². The lowest BCUT2D eigenvalue weighted by molar-refractivity contribution is 0.0958. The van der Waals surface area contributed by atoms with Gasteiger partial charge in [0.05, 0.1) is 15.9 Å². The van der Waals surface area contributed by atoms with Crippen LogP contribution in [0.4, 0.5) is 0 Å². The molecule has 4 rings (SSSR count). The lowest BCUT2D eigenvalue weighted by Gasteiger charge is -2.05. The maximum atomic E-state index is 12.5. The summed E-state index contributed by atoms with van der Waals surface area (Å²) < 4.78 is 0. The summed E-state index contributed by atoms with van der Waals surface area (Å²) in [6.07, 6.45) is 0.673. The van der Waals surface area contributed by atoms with Crippen LogP contribution in [0.2, 0.25) is 0 Å². The van der Waals surface area contributed by atoms with Crippen molar-refractivity contribution in [3.8, 4) is 11.1 Å². The molecule has 2 heterocycles. The highest BCUT2D eigenvalue weighted by Crippen LogP contribution is 2.28. The first kappa shape index (κ1) is 15.6. The number of thiophene rings is 1. The van der Waals surface area contributed by atoms with Gasteiger partial charge in [0.15, 0.2) is 0 Å². The van der Waals surface area contributed by atoms with E-state index < -0.39 is 0 Å². The van der Waals surface area contributed by atoms with Crippen LogP contribution >= 0.6 is 11.3 Å². The number of hydrogen-bond donors (Lipinski definition) is 2. The van der Waals surface area contributed by atoms with E-state index in [0.717, 1.165) is 32.9 Å². The Hall–Kier alpha value is -2.92. The summed E-state index contributed by atoms with van der Waals surface area (Å²) >= 11 is 1.47. The molecular weight excluding hydrogens is 330 g/mol. The van der Waals surface area contributed by atoms with Crippen molar-refractivity contribution in [2.24, 2.45) is 0 Å². The Morgan fingerprint density at radius 1 is 1.04 bits per heavy atom. The number of amides is 1. The zero-order valence-corrected chi connectivity index (χ0v) is 14.3. The number of para-hydroxylation sites is 2. The Morgan fingerprint density at radius 2 is 1.84 bits per heavy atom. The number of nitrogens with zero attached hydrogens (tertiary/aromatic N) is 1. The van der Waals surface area contributed by atoms with Gasteiger partial charge in [-0.2, -0.15) is 0 Å². The molecule has 0 radical (unpaired) electrons. The number of nitrogens with one attached hydrogen (secondary N) is 2. The normalized spacial score (nSPS) is 10.9. The molecule has 2 N–H and O–H groups in total. The van der Waals surface area contributed by atoms with Gasteiger partial charge < -0.3 is 10.3 Å². The predicted molar refractivity (Wildman–Crippen MR) is 102 cm³/mol. The van der Waals surface area contributed by atoms with Crippen molar-refractivity contribution in [2.75, 3.05) is 6.54 Å². The lowest BCUT2D eigenvalue weighted by Crippen LogP contribution is -2.25. The summed E-state index contributed by atoms with van der Waals surface area (Å²) in [6, 6.07) is 19.9. The first-order valence-corrected chi connectivity index (χ1v) is 9.04. The van der Waals surface area contributed by atoms with Crippen LogP contribution in [0.25, 0.3) is 22.2 Å². The third kappa shape index (κ3) is 3.32. The number of fused-ring (bicyclic) bond motifs is 1. The van der Waals surface area contributed by atoms with Gasteiger partial charge in [0.1, 0.15) is 5.82 Å². The Labute approximate surface area is 149 Å². The Bertz CT molecular complexity index is 971. The summed E-state index contributed by atoms with van der Waals surface area (Å²) in [7, 11) is 0. The third-order valence-corrected chi connectivity index (χ3v) is 4.96. The van der Waals surface area contributed by atoms with Gasteiger partial charge in [0.25, 0.3) is 5.91 Å². The SMILES string of the molecule is O=C(NCCc1nc2ccccc2[nH]1)c1sccc1-c1ccccc1. The molecule has 0 saturated carbocycles. The van der Waals surface area contributed by atoms with Crippen LogP contribution in [0.5, 0.6) is 0 Å². The zero-order chi connectivity index (χ0) is 17.1. The highest BCUT2D eigenvalue weighted by molar-refractivity contribution is 7.12. The Balaban J connectivity index is 1.42. The van der Waals surface area contributed by atoms with Crippen molar-refractivity contribution in [1.82, 2.24) is 15.3 Å². The first-order chi connectivity index (χ1) is 12.3. The molecule has 0 unspecified atom stereocenters. The summed E-state index contributed by atoms with van der Waals surface area (Å²) in [5, 5.41) is 4.95. The van der Waals surface area contributed by atoms with Crippen molar-refractivity contribution < 1.29 is 4.79 Å². The smallest absolute Gasteiger partial charge is 0.262 e. The largest absolute Gasteiger partial charge is 0.351 e. The molecule has 25 heavy (non-hydrogen) atoms. The van der Waals surface area contributed by atoms with Gasteiger partial charge in [0, 0.05) is 18.5 Å². The molecule has 0 aliphatic rings. The molecule has 0 aliphatic carbocycles. The first-order valence-electron chi connectivity index (χ1n) is 8.16. The molecule has 4 nitrogen and oxygen atoms in total. The van der Waals surface area contributed by atoms with Crippen molar-refractivity contribution in [1.29, 1.82) is 0 Å². The van der Waals surface area contributed by atoms with E-state index in [1.54, 1.807) is 0 Å². The van der Waals surface area contributed by atoms with Gasteiger partial charge in [-0.3, -0.25) is 4.79 Å².